The summed E-state index contributed by atoms with van der Waals surface area (Å²) >= 11 is 6.03. The van der Waals surface area contributed by atoms with Gasteiger partial charge in [-0.1, -0.05) is 35.9 Å². The second-order valence-corrected chi connectivity index (χ2v) is 5.24. The average Bonchev–Trinajstić information content (AvgIpc) is 2.30. The van der Waals surface area contributed by atoms with Crippen LogP contribution in [0.3, 0.4) is 0 Å². The predicted octanol–water partition coefficient (Wildman–Crippen LogP) is 4.35. The number of aliphatic hydroxyl groups excluding tert-OH is 1. The highest BCUT2D eigenvalue weighted by Crippen LogP contribution is 2.26. The summed E-state index contributed by atoms with van der Waals surface area (Å²) in [5.41, 5.74) is 5.21. The van der Waals surface area contributed by atoms with E-state index in [1.54, 1.807) is 0 Å². The second kappa shape index (κ2) is 5.13. The molecule has 18 heavy (non-hydrogen) atoms. The van der Waals surface area contributed by atoms with Crippen molar-refractivity contribution in [3.63, 3.8) is 0 Å². The summed E-state index contributed by atoms with van der Waals surface area (Å²) in [5, 5.41) is 11.1. The lowest BCUT2D eigenvalue weighted by Crippen LogP contribution is -2.01. The molecule has 2 aromatic rings. The van der Waals surface area contributed by atoms with E-state index in [4.69, 9.17) is 11.6 Å². The third kappa shape index (κ3) is 2.74. The smallest absolute Gasteiger partial charge is 0.104 e. The zero-order chi connectivity index (χ0) is 13.3. The summed E-state index contributed by atoms with van der Waals surface area (Å²) in [5.74, 6) is 0. The van der Waals surface area contributed by atoms with E-state index >= 15 is 0 Å². The molecule has 1 unspecified atom stereocenters. The molecule has 94 valence electrons. The van der Waals surface area contributed by atoms with Gasteiger partial charge in [-0.25, -0.2) is 0 Å². The van der Waals surface area contributed by atoms with Crippen molar-refractivity contribution in [1.29, 1.82) is 0 Å². The van der Waals surface area contributed by atoms with Gasteiger partial charge in [0.25, 0.3) is 0 Å². The first kappa shape index (κ1) is 13.1. The number of halogens is 1. The minimum atomic E-state index is -0.623. The van der Waals surface area contributed by atoms with Crippen LogP contribution in [0.15, 0.2) is 36.4 Å². The third-order valence-electron chi connectivity index (χ3n) is 3.23. The topological polar surface area (TPSA) is 20.2 Å². The summed E-state index contributed by atoms with van der Waals surface area (Å²) in [4.78, 5) is 0. The van der Waals surface area contributed by atoms with Crippen molar-refractivity contribution in [2.45, 2.75) is 26.9 Å². The van der Waals surface area contributed by atoms with Gasteiger partial charge in [-0.15, -0.1) is 0 Å². The van der Waals surface area contributed by atoms with Crippen molar-refractivity contribution >= 4 is 11.6 Å². The molecule has 0 aliphatic carbocycles. The summed E-state index contributed by atoms with van der Waals surface area (Å²) < 4.78 is 0. The highest BCUT2D eigenvalue weighted by atomic mass is 35.5. The van der Waals surface area contributed by atoms with Gasteiger partial charge in [-0.2, -0.15) is 0 Å². The molecule has 2 heteroatoms. The van der Waals surface area contributed by atoms with E-state index < -0.39 is 6.10 Å². The van der Waals surface area contributed by atoms with Gasteiger partial charge in [0.2, 0.25) is 0 Å². The van der Waals surface area contributed by atoms with Gasteiger partial charge in [0, 0.05) is 5.02 Å². The van der Waals surface area contributed by atoms with Gasteiger partial charge in [0.15, 0.2) is 0 Å². The van der Waals surface area contributed by atoms with Crippen LogP contribution in [0.5, 0.6) is 0 Å². The summed E-state index contributed by atoms with van der Waals surface area (Å²) in [6, 6.07) is 11.7. The Bertz CT molecular complexity index is 555. The molecule has 2 rings (SSSR count). The van der Waals surface area contributed by atoms with Gasteiger partial charge in [-0.3, -0.25) is 0 Å². The SMILES string of the molecule is Cc1cc(Cl)cc(C(O)c2ccc(C)c(C)c2)c1. The minimum absolute atomic E-state index is 0.623. The number of aliphatic hydroxyl groups is 1. The molecular formula is C16H17ClO. The van der Waals surface area contributed by atoms with Crippen LogP contribution in [-0.4, -0.2) is 5.11 Å². The van der Waals surface area contributed by atoms with E-state index in [1.165, 1.54) is 11.1 Å². The Morgan fingerprint density at radius 1 is 0.889 bits per heavy atom. The Balaban J connectivity index is 2.40. The molecule has 0 aliphatic heterocycles. The first-order valence-electron chi connectivity index (χ1n) is 5.99. The van der Waals surface area contributed by atoms with Crippen LogP contribution in [0.1, 0.15) is 33.9 Å². The van der Waals surface area contributed by atoms with Crippen molar-refractivity contribution in [2.24, 2.45) is 0 Å². The number of hydrogen-bond acceptors (Lipinski definition) is 1. The fourth-order valence-corrected chi connectivity index (χ4v) is 2.35. The van der Waals surface area contributed by atoms with Crippen LogP contribution >= 0.6 is 11.6 Å². The Morgan fingerprint density at radius 3 is 2.22 bits per heavy atom. The first-order valence-corrected chi connectivity index (χ1v) is 6.37. The molecule has 0 aliphatic rings. The Morgan fingerprint density at radius 2 is 1.61 bits per heavy atom. The maximum Gasteiger partial charge on any atom is 0.104 e. The Labute approximate surface area is 113 Å². The molecule has 0 aromatic heterocycles. The first-order chi connectivity index (χ1) is 8.47. The fourth-order valence-electron chi connectivity index (χ4n) is 2.05. The number of rotatable bonds is 2. The molecule has 0 amide bonds. The third-order valence-corrected chi connectivity index (χ3v) is 3.45. The predicted molar refractivity (Wildman–Crippen MR) is 76.2 cm³/mol. The summed E-state index contributed by atoms with van der Waals surface area (Å²) in [7, 11) is 0. The van der Waals surface area contributed by atoms with E-state index in [1.807, 2.05) is 43.3 Å². The van der Waals surface area contributed by atoms with E-state index in [-0.39, 0.29) is 0 Å². The lowest BCUT2D eigenvalue weighted by molar-refractivity contribution is 0.220. The van der Waals surface area contributed by atoms with Crippen molar-refractivity contribution in [2.75, 3.05) is 0 Å². The van der Waals surface area contributed by atoms with Crippen LogP contribution in [0, 0.1) is 20.8 Å². The molecule has 0 bridgehead atoms. The standard InChI is InChI=1S/C16H17ClO/c1-10-6-14(9-15(17)7-10)16(18)13-5-4-11(2)12(3)8-13/h4-9,16,18H,1-3H3. The Kier molecular flexibility index (Phi) is 3.74. The summed E-state index contributed by atoms with van der Waals surface area (Å²) in [6.07, 6.45) is -0.623. The molecule has 0 heterocycles. The minimum Gasteiger partial charge on any atom is -0.384 e. The molecule has 1 N–H and O–H groups in total. The van der Waals surface area contributed by atoms with Crippen LogP contribution in [0.4, 0.5) is 0 Å². The molecular weight excluding hydrogens is 244 g/mol. The molecule has 1 nitrogen and oxygen atoms in total. The number of benzene rings is 2. The van der Waals surface area contributed by atoms with Crippen molar-refractivity contribution < 1.29 is 5.11 Å². The second-order valence-electron chi connectivity index (χ2n) is 4.81. The Hall–Kier alpha value is -1.31. The lowest BCUT2D eigenvalue weighted by atomic mass is 9.97. The fraction of sp³-hybridized carbons (Fsp3) is 0.250. The van der Waals surface area contributed by atoms with Gasteiger partial charge >= 0.3 is 0 Å². The average molecular weight is 261 g/mol. The molecule has 2 aromatic carbocycles. The van der Waals surface area contributed by atoms with Gasteiger partial charge in [0.1, 0.15) is 6.10 Å². The monoisotopic (exact) mass is 260 g/mol. The zero-order valence-corrected chi connectivity index (χ0v) is 11.6. The number of aryl methyl sites for hydroxylation is 3. The number of hydrogen-bond donors (Lipinski definition) is 1. The molecule has 0 saturated carbocycles. The summed E-state index contributed by atoms with van der Waals surface area (Å²) in [6.45, 7) is 6.09. The van der Waals surface area contributed by atoms with Crippen LogP contribution in [0.25, 0.3) is 0 Å². The van der Waals surface area contributed by atoms with E-state index in [2.05, 4.69) is 13.8 Å². The molecule has 0 radical (unpaired) electrons. The van der Waals surface area contributed by atoms with Crippen molar-refractivity contribution in [1.82, 2.24) is 0 Å². The normalized spacial score (nSPS) is 12.5. The molecule has 0 saturated heterocycles. The van der Waals surface area contributed by atoms with Crippen LogP contribution in [0.2, 0.25) is 5.02 Å². The molecule has 0 fully saturated rings. The van der Waals surface area contributed by atoms with E-state index in [0.717, 1.165) is 16.7 Å². The van der Waals surface area contributed by atoms with Gasteiger partial charge < -0.3 is 5.11 Å². The van der Waals surface area contributed by atoms with Crippen LogP contribution < -0.4 is 0 Å². The van der Waals surface area contributed by atoms with Gasteiger partial charge in [0.05, 0.1) is 0 Å². The maximum absolute atomic E-state index is 10.4. The van der Waals surface area contributed by atoms with Crippen molar-refractivity contribution in [3.05, 3.63) is 69.2 Å². The lowest BCUT2D eigenvalue weighted by Gasteiger charge is -2.14. The van der Waals surface area contributed by atoms with E-state index in [0.29, 0.717) is 5.02 Å². The molecule has 0 spiro atoms. The highest BCUT2D eigenvalue weighted by Gasteiger charge is 2.12. The zero-order valence-electron chi connectivity index (χ0n) is 10.9. The molecule has 1 atom stereocenters. The largest absolute Gasteiger partial charge is 0.384 e. The maximum atomic E-state index is 10.4. The van der Waals surface area contributed by atoms with Crippen molar-refractivity contribution in [3.8, 4) is 0 Å². The van der Waals surface area contributed by atoms with E-state index in [9.17, 15) is 5.11 Å². The van der Waals surface area contributed by atoms with Crippen LogP contribution in [-0.2, 0) is 0 Å². The van der Waals surface area contributed by atoms with Gasteiger partial charge in [-0.05, 0) is 60.7 Å². The highest BCUT2D eigenvalue weighted by molar-refractivity contribution is 6.30. The quantitative estimate of drug-likeness (QED) is 0.851.